The number of ether oxygens (including phenoxy) is 1. The first-order valence-electron chi connectivity index (χ1n) is 7.62. The molecule has 1 heterocycles. The van der Waals surface area contributed by atoms with E-state index in [2.05, 4.69) is 19.2 Å². The van der Waals surface area contributed by atoms with Crippen LogP contribution in [0.3, 0.4) is 0 Å². The molecule has 1 saturated heterocycles. The van der Waals surface area contributed by atoms with E-state index in [0.717, 1.165) is 51.0 Å². The number of carbonyl (C=O) groups excluding carboxylic acids is 1. The second-order valence-corrected chi connectivity index (χ2v) is 6.75. The Kier molecular flexibility index (Phi) is 4.51. The van der Waals surface area contributed by atoms with Gasteiger partial charge in [0.2, 0.25) is 5.91 Å². The average Bonchev–Trinajstić information content (AvgIpc) is 2.85. The van der Waals surface area contributed by atoms with Crippen LogP contribution in [-0.4, -0.2) is 31.2 Å². The van der Waals surface area contributed by atoms with E-state index in [0.29, 0.717) is 13.1 Å². The molecular formula is C15H28N2O2. The van der Waals surface area contributed by atoms with Crippen LogP contribution in [0.15, 0.2) is 0 Å². The molecule has 110 valence electrons. The maximum absolute atomic E-state index is 12.5. The maximum atomic E-state index is 12.5. The van der Waals surface area contributed by atoms with Crippen LogP contribution in [0.5, 0.6) is 0 Å². The van der Waals surface area contributed by atoms with Crippen LogP contribution in [0, 0.1) is 11.3 Å². The van der Waals surface area contributed by atoms with Crippen LogP contribution in [-0.2, 0) is 9.53 Å². The number of amides is 1. The second kappa shape index (κ2) is 5.80. The number of hydrogen-bond acceptors (Lipinski definition) is 3. The Morgan fingerprint density at radius 1 is 1.37 bits per heavy atom. The molecule has 19 heavy (non-hydrogen) atoms. The minimum absolute atomic E-state index is 0.138. The van der Waals surface area contributed by atoms with E-state index in [4.69, 9.17) is 10.5 Å². The quantitative estimate of drug-likeness (QED) is 0.817. The lowest BCUT2D eigenvalue weighted by atomic mass is 9.70. The molecule has 1 unspecified atom stereocenters. The minimum Gasteiger partial charge on any atom is -0.373 e. The first-order valence-corrected chi connectivity index (χ1v) is 7.62. The Hall–Kier alpha value is -0.610. The van der Waals surface area contributed by atoms with Gasteiger partial charge in [-0.2, -0.15) is 0 Å². The van der Waals surface area contributed by atoms with E-state index in [1.807, 2.05) is 0 Å². The number of nitrogens with two attached hydrogens (primary N) is 1. The fourth-order valence-electron chi connectivity index (χ4n) is 3.27. The van der Waals surface area contributed by atoms with E-state index in [1.54, 1.807) is 0 Å². The second-order valence-electron chi connectivity index (χ2n) is 6.75. The molecule has 0 bridgehead atoms. The van der Waals surface area contributed by atoms with E-state index in [1.165, 1.54) is 0 Å². The summed E-state index contributed by atoms with van der Waals surface area (Å²) >= 11 is 0. The Morgan fingerprint density at radius 3 is 2.58 bits per heavy atom. The van der Waals surface area contributed by atoms with Crippen molar-refractivity contribution in [1.29, 1.82) is 0 Å². The van der Waals surface area contributed by atoms with Crippen LogP contribution < -0.4 is 11.1 Å². The summed E-state index contributed by atoms with van der Waals surface area (Å²) in [6.07, 6.45) is 6.19. The highest BCUT2D eigenvalue weighted by Gasteiger charge is 2.41. The summed E-state index contributed by atoms with van der Waals surface area (Å²) < 4.78 is 5.72. The van der Waals surface area contributed by atoms with Gasteiger partial charge in [0, 0.05) is 19.7 Å². The van der Waals surface area contributed by atoms with Gasteiger partial charge in [-0.15, -0.1) is 0 Å². The Morgan fingerprint density at radius 2 is 2.05 bits per heavy atom. The van der Waals surface area contributed by atoms with Crippen molar-refractivity contribution < 1.29 is 9.53 Å². The Labute approximate surface area is 116 Å². The normalized spacial score (nSPS) is 39.2. The summed E-state index contributed by atoms with van der Waals surface area (Å²) in [5, 5.41) is 3.10. The number of hydrogen-bond donors (Lipinski definition) is 2. The largest absolute Gasteiger partial charge is 0.373 e. The summed E-state index contributed by atoms with van der Waals surface area (Å²) in [6.45, 7) is 6.22. The van der Waals surface area contributed by atoms with E-state index in [-0.39, 0.29) is 16.9 Å². The van der Waals surface area contributed by atoms with E-state index in [9.17, 15) is 4.79 Å². The molecular weight excluding hydrogens is 240 g/mol. The summed E-state index contributed by atoms with van der Waals surface area (Å²) in [4.78, 5) is 12.5. The fraction of sp³-hybridized carbons (Fsp3) is 0.933. The smallest absolute Gasteiger partial charge is 0.227 e. The lowest BCUT2D eigenvalue weighted by Crippen LogP contribution is -2.51. The van der Waals surface area contributed by atoms with Gasteiger partial charge >= 0.3 is 0 Å². The highest BCUT2D eigenvalue weighted by Crippen LogP contribution is 2.38. The van der Waals surface area contributed by atoms with E-state index < -0.39 is 0 Å². The predicted molar refractivity (Wildman–Crippen MR) is 75.7 cm³/mol. The van der Waals surface area contributed by atoms with Gasteiger partial charge in [0.05, 0.1) is 11.0 Å². The summed E-state index contributed by atoms with van der Waals surface area (Å²) in [6, 6.07) is 0. The Balaban J connectivity index is 1.90. The van der Waals surface area contributed by atoms with Crippen LogP contribution in [0.2, 0.25) is 0 Å². The minimum atomic E-state index is -0.332. The van der Waals surface area contributed by atoms with Crippen LogP contribution >= 0.6 is 0 Å². The van der Waals surface area contributed by atoms with Crippen molar-refractivity contribution >= 4 is 5.91 Å². The number of nitrogens with one attached hydrogen (secondary N) is 1. The van der Waals surface area contributed by atoms with Crippen molar-refractivity contribution in [2.24, 2.45) is 17.1 Å². The molecule has 2 rings (SSSR count). The third-order valence-corrected chi connectivity index (χ3v) is 5.03. The first-order chi connectivity index (χ1) is 9.00. The molecule has 1 saturated carbocycles. The van der Waals surface area contributed by atoms with Crippen LogP contribution in [0.1, 0.15) is 52.4 Å². The zero-order valence-corrected chi connectivity index (χ0v) is 12.3. The number of carbonyl (C=O) groups is 1. The number of rotatable bonds is 4. The molecule has 4 nitrogen and oxygen atoms in total. The standard InChI is InChI=1S/C15H28N2O2/c1-12-4-7-15(10-16,8-5-12)13(18)17-11-14(2)6-3-9-19-14/h12H,3-11,16H2,1-2H3,(H,17,18). The van der Waals surface area contributed by atoms with Crippen LogP contribution in [0.25, 0.3) is 0 Å². The molecule has 0 radical (unpaired) electrons. The van der Waals surface area contributed by atoms with Crippen molar-refractivity contribution in [3.63, 3.8) is 0 Å². The summed E-state index contributed by atoms with van der Waals surface area (Å²) in [5.74, 6) is 0.863. The molecule has 1 aliphatic heterocycles. The van der Waals surface area contributed by atoms with Gasteiger partial charge in [-0.1, -0.05) is 6.92 Å². The monoisotopic (exact) mass is 268 g/mol. The highest BCUT2D eigenvalue weighted by molar-refractivity contribution is 5.83. The van der Waals surface area contributed by atoms with Gasteiger partial charge in [0.1, 0.15) is 0 Å². The zero-order valence-electron chi connectivity index (χ0n) is 12.3. The highest BCUT2D eigenvalue weighted by atomic mass is 16.5. The summed E-state index contributed by atoms with van der Waals surface area (Å²) in [5.41, 5.74) is 5.40. The molecule has 0 aromatic rings. The van der Waals surface area contributed by atoms with Gasteiger partial charge in [-0.25, -0.2) is 0 Å². The molecule has 2 fully saturated rings. The summed E-state index contributed by atoms with van der Waals surface area (Å²) in [7, 11) is 0. The molecule has 2 aliphatic rings. The van der Waals surface area contributed by atoms with Crippen molar-refractivity contribution in [3.05, 3.63) is 0 Å². The SMILES string of the molecule is CC1CCC(CN)(C(=O)NCC2(C)CCCO2)CC1. The topological polar surface area (TPSA) is 64.4 Å². The van der Waals surface area contributed by atoms with Crippen molar-refractivity contribution in [2.45, 2.75) is 58.0 Å². The lowest BCUT2D eigenvalue weighted by Gasteiger charge is -2.38. The van der Waals surface area contributed by atoms with Gasteiger partial charge in [-0.05, 0) is 51.4 Å². The maximum Gasteiger partial charge on any atom is 0.227 e. The average molecular weight is 268 g/mol. The van der Waals surface area contributed by atoms with Gasteiger partial charge in [-0.3, -0.25) is 4.79 Å². The molecule has 0 aromatic heterocycles. The third-order valence-electron chi connectivity index (χ3n) is 5.03. The van der Waals surface area contributed by atoms with Gasteiger partial charge in [0.15, 0.2) is 0 Å². The molecule has 1 aliphatic carbocycles. The van der Waals surface area contributed by atoms with Crippen molar-refractivity contribution in [2.75, 3.05) is 19.7 Å². The first kappa shape index (κ1) is 14.8. The third kappa shape index (κ3) is 3.29. The van der Waals surface area contributed by atoms with Gasteiger partial charge in [0.25, 0.3) is 0 Å². The van der Waals surface area contributed by atoms with E-state index >= 15 is 0 Å². The molecule has 3 N–H and O–H groups in total. The molecule has 4 heteroatoms. The lowest BCUT2D eigenvalue weighted by molar-refractivity contribution is -0.134. The predicted octanol–water partition coefficient (Wildman–Crippen LogP) is 1.83. The molecule has 0 aromatic carbocycles. The zero-order chi connectivity index (χ0) is 13.9. The van der Waals surface area contributed by atoms with Gasteiger partial charge < -0.3 is 15.8 Å². The van der Waals surface area contributed by atoms with Crippen molar-refractivity contribution in [1.82, 2.24) is 5.32 Å². The molecule has 1 amide bonds. The fourth-order valence-corrected chi connectivity index (χ4v) is 3.27. The van der Waals surface area contributed by atoms with Crippen molar-refractivity contribution in [3.8, 4) is 0 Å². The van der Waals surface area contributed by atoms with Crippen LogP contribution in [0.4, 0.5) is 0 Å². The molecule has 0 spiro atoms. The molecule has 1 atom stereocenters. The Bertz CT molecular complexity index is 316.